The Morgan fingerprint density at radius 3 is 2.81 bits per heavy atom. The summed E-state index contributed by atoms with van der Waals surface area (Å²) in [6, 6.07) is 8.00. The van der Waals surface area contributed by atoms with Crippen LogP contribution in [0, 0.1) is 0 Å². The van der Waals surface area contributed by atoms with Crippen molar-refractivity contribution in [3.05, 3.63) is 24.3 Å². The predicted molar refractivity (Wildman–Crippen MR) is 64.1 cm³/mol. The van der Waals surface area contributed by atoms with Crippen molar-refractivity contribution in [1.29, 1.82) is 0 Å². The molecule has 0 aliphatic carbocycles. The highest BCUT2D eigenvalue weighted by Gasteiger charge is 2.39. The van der Waals surface area contributed by atoms with E-state index in [2.05, 4.69) is 10.3 Å². The molecule has 0 unspecified atom stereocenters. The van der Waals surface area contributed by atoms with Crippen LogP contribution in [0.2, 0.25) is 0 Å². The number of nitrogens with two attached hydrogens (primary N) is 1. The Morgan fingerprint density at radius 2 is 2.00 bits per heavy atom. The number of amidine groups is 1. The summed E-state index contributed by atoms with van der Waals surface area (Å²) < 4.78 is 5.38. The molecule has 0 atom stereocenters. The molecule has 16 heavy (non-hydrogen) atoms. The van der Waals surface area contributed by atoms with Gasteiger partial charge in [0.2, 0.25) is 0 Å². The molecule has 0 radical (unpaired) electrons. The van der Waals surface area contributed by atoms with Gasteiger partial charge in [-0.2, -0.15) is 0 Å². The minimum atomic E-state index is -0.188. The molecule has 2 aliphatic heterocycles. The molecule has 0 aromatic heterocycles. The van der Waals surface area contributed by atoms with E-state index in [1.54, 1.807) is 0 Å². The number of hydrogen-bond acceptors (Lipinski definition) is 4. The maximum absolute atomic E-state index is 6.09. The molecule has 3 rings (SSSR count). The van der Waals surface area contributed by atoms with Crippen LogP contribution in [-0.2, 0) is 4.74 Å². The number of rotatable bonds is 0. The zero-order valence-corrected chi connectivity index (χ0v) is 9.07. The SMILES string of the molecule is NC1=Nc2ccccc2NC12CCOCC2. The van der Waals surface area contributed by atoms with E-state index >= 15 is 0 Å². The van der Waals surface area contributed by atoms with E-state index in [0.717, 1.165) is 37.4 Å². The van der Waals surface area contributed by atoms with Gasteiger partial charge in [-0.25, -0.2) is 4.99 Å². The molecule has 84 valence electrons. The summed E-state index contributed by atoms with van der Waals surface area (Å²) in [5.41, 5.74) is 7.90. The number of nitrogens with one attached hydrogen (secondary N) is 1. The second-order valence-electron chi connectivity index (χ2n) is 4.33. The third-order valence-corrected chi connectivity index (χ3v) is 3.36. The molecule has 1 saturated heterocycles. The van der Waals surface area contributed by atoms with Gasteiger partial charge in [0, 0.05) is 26.1 Å². The Hall–Kier alpha value is -1.55. The number of ether oxygens (including phenoxy) is 1. The lowest BCUT2D eigenvalue weighted by Gasteiger charge is -2.40. The van der Waals surface area contributed by atoms with Crippen LogP contribution in [0.15, 0.2) is 29.3 Å². The fourth-order valence-corrected chi connectivity index (χ4v) is 2.34. The van der Waals surface area contributed by atoms with Gasteiger partial charge in [0.1, 0.15) is 5.84 Å². The highest BCUT2D eigenvalue weighted by Crippen LogP contribution is 2.36. The van der Waals surface area contributed by atoms with Gasteiger partial charge in [0.05, 0.1) is 16.9 Å². The number of benzene rings is 1. The highest BCUT2D eigenvalue weighted by molar-refractivity contribution is 5.99. The van der Waals surface area contributed by atoms with Gasteiger partial charge in [0.15, 0.2) is 0 Å². The molecule has 1 spiro atoms. The van der Waals surface area contributed by atoms with E-state index in [0.29, 0.717) is 5.84 Å². The van der Waals surface area contributed by atoms with Crippen LogP contribution in [0.25, 0.3) is 0 Å². The summed E-state index contributed by atoms with van der Waals surface area (Å²) in [5.74, 6) is 0.689. The van der Waals surface area contributed by atoms with Crippen LogP contribution in [0.3, 0.4) is 0 Å². The summed E-state index contributed by atoms with van der Waals surface area (Å²) in [5, 5.41) is 3.53. The van der Waals surface area contributed by atoms with E-state index in [1.807, 2.05) is 24.3 Å². The average Bonchev–Trinajstić information content (AvgIpc) is 2.32. The minimum Gasteiger partial charge on any atom is -0.385 e. The van der Waals surface area contributed by atoms with Gasteiger partial charge >= 0.3 is 0 Å². The molecular formula is C12H15N3O. The summed E-state index contributed by atoms with van der Waals surface area (Å²) >= 11 is 0. The first-order valence-corrected chi connectivity index (χ1v) is 5.60. The molecule has 4 heteroatoms. The van der Waals surface area contributed by atoms with Gasteiger partial charge in [-0.3, -0.25) is 0 Å². The Morgan fingerprint density at radius 1 is 1.25 bits per heavy atom. The smallest absolute Gasteiger partial charge is 0.126 e. The van der Waals surface area contributed by atoms with Crippen molar-refractivity contribution >= 4 is 17.2 Å². The maximum Gasteiger partial charge on any atom is 0.126 e. The molecule has 0 amide bonds. The predicted octanol–water partition coefficient (Wildman–Crippen LogP) is 1.65. The number of nitrogens with zero attached hydrogens (tertiary/aromatic N) is 1. The van der Waals surface area contributed by atoms with Gasteiger partial charge in [0.25, 0.3) is 0 Å². The first kappa shape index (κ1) is 9.66. The van der Waals surface area contributed by atoms with Crippen molar-refractivity contribution < 1.29 is 4.74 Å². The lowest BCUT2D eigenvalue weighted by Crippen LogP contribution is -2.55. The lowest BCUT2D eigenvalue weighted by atomic mass is 9.87. The van der Waals surface area contributed by atoms with E-state index in [-0.39, 0.29) is 5.54 Å². The molecular weight excluding hydrogens is 202 g/mol. The molecule has 2 aliphatic rings. The minimum absolute atomic E-state index is 0.188. The fraction of sp³-hybridized carbons (Fsp3) is 0.417. The molecule has 1 aromatic rings. The molecule has 2 heterocycles. The summed E-state index contributed by atoms with van der Waals surface area (Å²) in [7, 11) is 0. The second-order valence-corrected chi connectivity index (χ2v) is 4.33. The van der Waals surface area contributed by atoms with Crippen LogP contribution in [0.4, 0.5) is 11.4 Å². The lowest BCUT2D eigenvalue weighted by molar-refractivity contribution is 0.0777. The average molecular weight is 217 g/mol. The Labute approximate surface area is 94.5 Å². The van der Waals surface area contributed by atoms with Gasteiger partial charge in [-0.15, -0.1) is 0 Å². The topological polar surface area (TPSA) is 59.6 Å². The van der Waals surface area contributed by atoms with Gasteiger partial charge in [-0.05, 0) is 12.1 Å². The molecule has 0 bridgehead atoms. The van der Waals surface area contributed by atoms with Crippen LogP contribution in [0.5, 0.6) is 0 Å². The highest BCUT2D eigenvalue weighted by atomic mass is 16.5. The molecule has 1 fully saturated rings. The van der Waals surface area contributed by atoms with Gasteiger partial charge < -0.3 is 15.8 Å². The van der Waals surface area contributed by atoms with Crippen LogP contribution >= 0.6 is 0 Å². The largest absolute Gasteiger partial charge is 0.385 e. The zero-order chi connectivity index (χ0) is 11.0. The first-order valence-electron chi connectivity index (χ1n) is 5.60. The van der Waals surface area contributed by atoms with Crippen molar-refractivity contribution in [1.82, 2.24) is 0 Å². The van der Waals surface area contributed by atoms with Crippen LogP contribution < -0.4 is 11.1 Å². The molecule has 0 saturated carbocycles. The summed E-state index contributed by atoms with van der Waals surface area (Å²) in [6.07, 6.45) is 1.77. The third kappa shape index (κ3) is 1.38. The molecule has 1 aromatic carbocycles. The van der Waals surface area contributed by atoms with Crippen LogP contribution in [0.1, 0.15) is 12.8 Å². The Kier molecular flexibility index (Phi) is 2.11. The van der Waals surface area contributed by atoms with E-state index in [4.69, 9.17) is 10.5 Å². The van der Waals surface area contributed by atoms with Crippen molar-refractivity contribution in [3.63, 3.8) is 0 Å². The van der Waals surface area contributed by atoms with Crippen molar-refractivity contribution in [2.24, 2.45) is 10.7 Å². The quantitative estimate of drug-likeness (QED) is 0.694. The molecule has 3 N–H and O–H groups in total. The molecule has 4 nitrogen and oxygen atoms in total. The standard InChI is InChI=1S/C12H15N3O/c13-11-12(5-7-16-8-6-12)15-10-4-2-1-3-9(10)14-11/h1-4,15H,5-8H2,(H2,13,14). The maximum atomic E-state index is 6.09. The monoisotopic (exact) mass is 217 g/mol. The number of hydrogen-bond donors (Lipinski definition) is 2. The van der Waals surface area contributed by atoms with Crippen molar-refractivity contribution in [2.45, 2.75) is 18.4 Å². The van der Waals surface area contributed by atoms with Crippen molar-refractivity contribution in [3.8, 4) is 0 Å². The van der Waals surface area contributed by atoms with E-state index in [1.165, 1.54) is 0 Å². The Balaban J connectivity index is 2.02. The normalized spacial score (nSPS) is 22.1. The summed E-state index contributed by atoms with van der Waals surface area (Å²) in [4.78, 5) is 4.50. The number of para-hydroxylation sites is 2. The number of fused-ring (bicyclic) bond motifs is 1. The second kappa shape index (κ2) is 3.49. The third-order valence-electron chi connectivity index (χ3n) is 3.36. The van der Waals surface area contributed by atoms with Crippen LogP contribution in [-0.4, -0.2) is 24.6 Å². The number of anilines is 1. The zero-order valence-electron chi connectivity index (χ0n) is 9.07. The fourth-order valence-electron chi connectivity index (χ4n) is 2.34. The Bertz CT molecular complexity index is 436. The number of aliphatic imine (C=N–C) groups is 1. The first-order chi connectivity index (χ1) is 7.80. The van der Waals surface area contributed by atoms with E-state index in [9.17, 15) is 0 Å². The van der Waals surface area contributed by atoms with Crippen molar-refractivity contribution in [2.75, 3.05) is 18.5 Å². The van der Waals surface area contributed by atoms with E-state index < -0.39 is 0 Å². The van der Waals surface area contributed by atoms with Gasteiger partial charge in [-0.1, -0.05) is 12.1 Å². The summed E-state index contributed by atoms with van der Waals surface area (Å²) in [6.45, 7) is 1.48.